The SMILES string of the molecule is C=C/C(=C\C=C\CCC(=O)N(CC1CCC(F)(F)C1)C(C(=O)NCC1CCNC2=C1CCCCC2)C1CN1OSC)OC.CC. The molecular formula is C34H54F2N4O4S. The van der Waals surface area contributed by atoms with Gasteiger partial charge in [-0.2, -0.15) is 5.06 Å². The number of hydroxylamine groups is 2. The maximum Gasteiger partial charge on any atom is 0.248 e. The molecule has 0 aromatic heterocycles. The van der Waals surface area contributed by atoms with Crippen molar-refractivity contribution in [1.82, 2.24) is 20.6 Å². The summed E-state index contributed by atoms with van der Waals surface area (Å²) in [5, 5.41) is 8.46. The minimum absolute atomic E-state index is 0.132. The summed E-state index contributed by atoms with van der Waals surface area (Å²) in [6.45, 7) is 9.72. The van der Waals surface area contributed by atoms with Crippen LogP contribution in [0.25, 0.3) is 0 Å². The third kappa shape index (κ3) is 11.1. The van der Waals surface area contributed by atoms with E-state index < -0.39 is 12.0 Å². The number of alkyl halides is 2. The second-order valence-corrected chi connectivity index (χ2v) is 12.5. The van der Waals surface area contributed by atoms with Gasteiger partial charge in [0.2, 0.25) is 17.7 Å². The molecule has 4 aliphatic rings. The molecule has 0 aromatic carbocycles. The molecule has 1 saturated carbocycles. The van der Waals surface area contributed by atoms with Gasteiger partial charge in [-0.25, -0.2) is 13.1 Å². The van der Waals surface area contributed by atoms with E-state index in [9.17, 15) is 18.4 Å². The summed E-state index contributed by atoms with van der Waals surface area (Å²) in [7, 11) is 1.56. The van der Waals surface area contributed by atoms with Gasteiger partial charge in [0.1, 0.15) is 11.8 Å². The normalized spacial score (nSPS) is 26.5. The zero-order valence-corrected chi connectivity index (χ0v) is 28.4. The number of carbonyl (C=O) groups is 2. The highest BCUT2D eigenvalue weighted by atomic mass is 32.2. The van der Waals surface area contributed by atoms with E-state index in [2.05, 4.69) is 17.2 Å². The zero-order valence-electron chi connectivity index (χ0n) is 27.6. The van der Waals surface area contributed by atoms with E-state index >= 15 is 0 Å². The van der Waals surface area contributed by atoms with Crippen LogP contribution in [0.4, 0.5) is 8.78 Å². The number of methoxy groups -OCH3 is 1. The molecule has 1 saturated heterocycles. The molecule has 45 heavy (non-hydrogen) atoms. The molecule has 2 N–H and O–H groups in total. The first kappa shape index (κ1) is 37.1. The van der Waals surface area contributed by atoms with E-state index in [1.165, 1.54) is 36.2 Å². The molecule has 2 amide bonds. The van der Waals surface area contributed by atoms with Gasteiger partial charge in [-0.1, -0.05) is 39.0 Å². The number of amides is 2. The Balaban J connectivity index is 0.00000271. The third-order valence-corrected chi connectivity index (χ3v) is 9.33. The summed E-state index contributed by atoms with van der Waals surface area (Å²) in [6, 6.07) is -1.14. The van der Waals surface area contributed by atoms with Crippen molar-refractivity contribution in [2.75, 3.05) is 39.5 Å². The Morgan fingerprint density at radius 1 is 1.24 bits per heavy atom. The Bertz CT molecular complexity index is 1080. The van der Waals surface area contributed by atoms with Crippen LogP contribution in [0.1, 0.15) is 84.5 Å². The molecule has 4 rings (SSSR count). The number of nitrogens with zero attached hydrogens (tertiary/aromatic N) is 2. The summed E-state index contributed by atoms with van der Waals surface area (Å²) in [6.07, 6.45) is 15.9. The van der Waals surface area contributed by atoms with Crippen LogP contribution in [-0.2, 0) is 18.6 Å². The lowest BCUT2D eigenvalue weighted by Crippen LogP contribution is -2.55. The van der Waals surface area contributed by atoms with Gasteiger partial charge in [-0.15, -0.1) is 0 Å². The fraction of sp³-hybridized carbons (Fsp3) is 0.706. The lowest BCUT2D eigenvalue weighted by atomic mass is 9.87. The van der Waals surface area contributed by atoms with Crippen LogP contribution in [0.2, 0.25) is 0 Å². The minimum Gasteiger partial charge on any atom is -0.497 e. The molecule has 11 heteroatoms. The summed E-state index contributed by atoms with van der Waals surface area (Å²) < 4.78 is 39.2. The fourth-order valence-electron chi connectivity index (χ4n) is 6.66. The highest BCUT2D eigenvalue weighted by molar-refractivity contribution is 7.93. The van der Waals surface area contributed by atoms with Crippen LogP contribution in [0.5, 0.6) is 0 Å². The van der Waals surface area contributed by atoms with Crippen molar-refractivity contribution in [2.24, 2.45) is 11.8 Å². The summed E-state index contributed by atoms with van der Waals surface area (Å²) in [4.78, 5) is 29.3. The van der Waals surface area contributed by atoms with Gasteiger partial charge in [-0.05, 0) is 68.6 Å². The van der Waals surface area contributed by atoms with Gasteiger partial charge in [-0.3, -0.25) is 9.59 Å². The summed E-state index contributed by atoms with van der Waals surface area (Å²) in [5.41, 5.74) is 2.77. The number of rotatable bonds is 15. The Kier molecular flexibility index (Phi) is 15.4. The molecule has 8 nitrogen and oxygen atoms in total. The molecule has 2 fully saturated rings. The van der Waals surface area contributed by atoms with E-state index in [1.54, 1.807) is 41.6 Å². The van der Waals surface area contributed by atoms with Crippen LogP contribution in [0.3, 0.4) is 0 Å². The largest absolute Gasteiger partial charge is 0.497 e. The number of allylic oxidation sites excluding steroid dienone is 5. The van der Waals surface area contributed by atoms with Crippen LogP contribution in [0, 0.1) is 11.8 Å². The van der Waals surface area contributed by atoms with E-state index in [1.807, 2.05) is 19.9 Å². The zero-order chi connectivity index (χ0) is 32.8. The van der Waals surface area contributed by atoms with Crippen molar-refractivity contribution in [1.29, 1.82) is 0 Å². The topological polar surface area (TPSA) is 82.9 Å². The van der Waals surface area contributed by atoms with Crippen molar-refractivity contribution in [3.8, 4) is 0 Å². The van der Waals surface area contributed by atoms with Crippen LogP contribution in [0.15, 0.2) is 47.9 Å². The Hall–Kier alpha value is -2.37. The third-order valence-electron chi connectivity index (χ3n) is 8.99. The maximum atomic E-state index is 14.2. The first-order valence-corrected chi connectivity index (χ1v) is 17.8. The standard InChI is InChI=1S/C32H48F2N4O4S.C2H6/c1-4-25(41-2)11-7-5-10-14-29(39)37(21-23-15-17-32(33,34)19-23)30(28-22-38(28)42-43-3)31(40)36-20-24-16-18-35-27-13-9-6-8-12-26(24)27;1-2/h4-5,7,11,23-24,28,30,35H,1,6,8-10,12-22H2,2-3H3,(H,36,40);1-2H3/b7-5+,25-11+;. The summed E-state index contributed by atoms with van der Waals surface area (Å²) >= 11 is 1.18. The van der Waals surface area contributed by atoms with E-state index in [-0.39, 0.29) is 55.5 Å². The van der Waals surface area contributed by atoms with Gasteiger partial charge in [0, 0.05) is 75.4 Å². The van der Waals surface area contributed by atoms with Crippen LogP contribution < -0.4 is 10.6 Å². The molecule has 2 aliphatic heterocycles. The number of hydrogen-bond donors (Lipinski definition) is 2. The minimum atomic E-state index is -2.73. The van der Waals surface area contributed by atoms with Gasteiger partial charge >= 0.3 is 0 Å². The van der Waals surface area contributed by atoms with E-state index in [4.69, 9.17) is 9.02 Å². The molecule has 2 aliphatic carbocycles. The maximum absolute atomic E-state index is 14.2. The van der Waals surface area contributed by atoms with Crippen molar-refractivity contribution in [2.45, 2.75) is 102 Å². The van der Waals surface area contributed by atoms with Crippen molar-refractivity contribution in [3.63, 3.8) is 0 Å². The molecule has 0 bridgehead atoms. The molecule has 0 aromatic rings. The smallest absolute Gasteiger partial charge is 0.248 e. The Morgan fingerprint density at radius 3 is 2.71 bits per heavy atom. The molecule has 5 atom stereocenters. The highest BCUT2D eigenvalue weighted by Crippen LogP contribution is 2.40. The number of ether oxygens (including phenoxy) is 1. The predicted octanol–water partition coefficient (Wildman–Crippen LogP) is 6.54. The fourth-order valence-corrected chi connectivity index (χ4v) is 7.02. The van der Waals surface area contributed by atoms with Crippen LogP contribution >= 0.6 is 12.0 Å². The van der Waals surface area contributed by atoms with Gasteiger partial charge in [0.25, 0.3) is 0 Å². The molecule has 5 unspecified atom stereocenters. The Morgan fingerprint density at radius 2 is 2.02 bits per heavy atom. The first-order valence-electron chi connectivity index (χ1n) is 16.7. The monoisotopic (exact) mass is 652 g/mol. The number of carbonyl (C=O) groups excluding carboxylic acids is 2. The quantitative estimate of drug-likeness (QED) is 0.0901. The lowest BCUT2D eigenvalue weighted by molar-refractivity contribution is -0.142. The second-order valence-electron chi connectivity index (χ2n) is 12.0. The van der Waals surface area contributed by atoms with Gasteiger partial charge < -0.3 is 20.3 Å². The van der Waals surface area contributed by atoms with Crippen LogP contribution in [-0.4, -0.2) is 79.3 Å². The second kappa shape index (κ2) is 18.7. The van der Waals surface area contributed by atoms with E-state index in [0.717, 1.165) is 32.2 Å². The summed E-state index contributed by atoms with van der Waals surface area (Å²) in [5.74, 6) is -2.68. The molecule has 254 valence electrons. The molecule has 0 spiro atoms. The van der Waals surface area contributed by atoms with Crippen molar-refractivity contribution < 1.29 is 27.4 Å². The van der Waals surface area contributed by atoms with Crippen molar-refractivity contribution >= 4 is 23.9 Å². The predicted molar refractivity (Wildman–Crippen MR) is 177 cm³/mol. The highest BCUT2D eigenvalue weighted by Gasteiger charge is 2.51. The number of halogens is 2. The lowest BCUT2D eigenvalue weighted by Gasteiger charge is -2.34. The molecule has 2 heterocycles. The average Bonchev–Trinajstić information content (AvgIpc) is 3.76. The number of hydrogen-bond acceptors (Lipinski definition) is 7. The molecule has 0 radical (unpaired) electrons. The Labute approximate surface area is 273 Å². The first-order chi connectivity index (χ1) is 21.8. The van der Waals surface area contributed by atoms with Gasteiger partial charge in [0.15, 0.2) is 0 Å². The van der Waals surface area contributed by atoms with Gasteiger partial charge in [0.05, 0.1) is 13.2 Å². The average molecular weight is 653 g/mol. The van der Waals surface area contributed by atoms with E-state index in [0.29, 0.717) is 31.7 Å². The number of nitrogens with one attached hydrogen (secondary N) is 2. The molecular weight excluding hydrogens is 598 g/mol. The van der Waals surface area contributed by atoms with Crippen molar-refractivity contribution in [3.05, 3.63) is 47.9 Å².